The summed E-state index contributed by atoms with van der Waals surface area (Å²) in [5, 5.41) is 11.3. The molecule has 0 bridgehead atoms. The van der Waals surface area contributed by atoms with Gasteiger partial charge in [0.2, 0.25) is 0 Å². The molecule has 0 saturated heterocycles. The van der Waals surface area contributed by atoms with E-state index in [4.69, 9.17) is 0 Å². The van der Waals surface area contributed by atoms with Crippen LogP contribution in [0.3, 0.4) is 0 Å². The number of hydrogen-bond acceptors (Lipinski definition) is 3. The van der Waals surface area contributed by atoms with Crippen molar-refractivity contribution in [2.75, 3.05) is 0 Å². The molecule has 0 amide bonds. The molecule has 1 aromatic carbocycles. The maximum atomic E-state index is 12.8. The van der Waals surface area contributed by atoms with E-state index < -0.39 is 0 Å². The van der Waals surface area contributed by atoms with E-state index in [1.807, 2.05) is 25.1 Å². The van der Waals surface area contributed by atoms with Crippen LogP contribution in [0.15, 0.2) is 28.0 Å². The Labute approximate surface area is 130 Å². The normalized spacial score (nSPS) is 15.0. The van der Waals surface area contributed by atoms with Crippen molar-refractivity contribution in [2.24, 2.45) is 4.99 Å². The maximum Gasteiger partial charge on any atom is 0.263 e. The van der Waals surface area contributed by atoms with Crippen molar-refractivity contribution < 1.29 is 5.11 Å². The minimum Gasteiger partial charge on any atom is -0.506 e. The minimum atomic E-state index is -0.145. The third kappa shape index (κ3) is 2.65. The topological polar surface area (TPSA) is 54.6 Å². The fourth-order valence-corrected chi connectivity index (χ4v) is 2.73. The Hall–Kier alpha value is -2.10. The van der Waals surface area contributed by atoms with Crippen LogP contribution >= 0.6 is 0 Å². The Balaban J connectivity index is 2.25. The van der Waals surface area contributed by atoms with Crippen LogP contribution in [0, 0.1) is 6.92 Å². The summed E-state index contributed by atoms with van der Waals surface area (Å²) in [4.78, 5) is 17.2. The largest absolute Gasteiger partial charge is 0.506 e. The summed E-state index contributed by atoms with van der Waals surface area (Å²) >= 11 is 0. The number of pyridine rings is 1. The van der Waals surface area contributed by atoms with Crippen LogP contribution in [-0.4, -0.2) is 21.9 Å². The molecule has 4 heteroatoms. The van der Waals surface area contributed by atoms with Crippen LogP contribution in [0.4, 0.5) is 0 Å². The van der Waals surface area contributed by atoms with Crippen molar-refractivity contribution in [3.05, 3.63) is 39.7 Å². The first-order valence-corrected chi connectivity index (χ1v) is 8.01. The zero-order chi connectivity index (χ0) is 15.7. The summed E-state index contributed by atoms with van der Waals surface area (Å²) in [7, 11) is 0. The van der Waals surface area contributed by atoms with Crippen molar-refractivity contribution in [1.82, 2.24) is 4.57 Å². The highest BCUT2D eigenvalue weighted by Gasteiger charge is 2.21. The van der Waals surface area contributed by atoms with Gasteiger partial charge >= 0.3 is 0 Å². The van der Waals surface area contributed by atoms with E-state index in [1.165, 1.54) is 0 Å². The molecule has 1 heterocycles. The third-order valence-electron chi connectivity index (χ3n) is 4.21. The molecule has 0 radical (unpaired) electrons. The molecule has 0 spiro atoms. The van der Waals surface area contributed by atoms with Crippen molar-refractivity contribution in [2.45, 2.75) is 52.1 Å². The third-order valence-corrected chi connectivity index (χ3v) is 4.21. The number of rotatable bonds is 5. The van der Waals surface area contributed by atoms with Gasteiger partial charge in [0.25, 0.3) is 5.56 Å². The molecular formula is C18H22N2O2. The molecule has 0 aliphatic heterocycles. The van der Waals surface area contributed by atoms with E-state index >= 15 is 0 Å². The van der Waals surface area contributed by atoms with Crippen molar-refractivity contribution in [3.8, 4) is 5.75 Å². The molecule has 0 atom stereocenters. The highest BCUT2D eigenvalue weighted by atomic mass is 16.3. The van der Waals surface area contributed by atoms with Crippen LogP contribution < -0.4 is 5.56 Å². The highest BCUT2D eigenvalue weighted by Crippen LogP contribution is 2.29. The molecular weight excluding hydrogens is 276 g/mol. The summed E-state index contributed by atoms with van der Waals surface area (Å²) in [6.45, 7) is 4.73. The lowest BCUT2D eigenvalue weighted by molar-refractivity contribution is 0.477. The summed E-state index contributed by atoms with van der Waals surface area (Å²) in [5.74, 6) is 0.0650. The van der Waals surface area contributed by atoms with Gasteiger partial charge in [0.05, 0.1) is 11.6 Å². The van der Waals surface area contributed by atoms with E-state index in [9.17, 15) is 9.90 Å². The molecule has 1 aliphatic rings. The number of hydrogen-bond donors (Lipinski definition) is 1. The van der Waals surface area contributed by atoms with Gasteiger partial charge in [-0.3, -0.25) is 9.79 Å². The second-order valence-electron chi connectivity index (χ2n) is 6.05. The van der Waals surface area contributed by atoms with Crippen LogP contribution in [-0.2, 0) is 6.54 Å². The van der Waals surface area contributed by atoms with E-state index in [2.05, 4.69) is 11.9 Å². The Morgan fingerprint density at radius 2 is 2.18 bits per heavy atom. The number of benzene rings is 1. The van der Waals surface area contributed by atoms with Gasteiger partial charge in [-0.2, -0.15) is 0 Å². The lowest BCUT2D eigenvalue weighted by atomic mass is 10.1. The van der Waals surface area contributed by atoms with Gasteiger partial charge in [0.15, 0.2) is 0 Å². The Morgan fingerprint density at radius 3 is 2.86 bits per heavy atom. The molecule has 1 N–H and O–H groups in total. The van der Waals surface area contributed by atoms with Gasteiger partial charge in [-0.1, -0.05) is 25.5 Å². The van der Waals surface area contributed by atoms with Crippen LogP contribution in [0.1, 0.15) is 43.7 Å². The van der Waals surface area contributed by atoms with E-state index in [-0.39, 0.29) is 11.3 Å². The van der Waals surface area contributed by atoms with Crippen molar-refractivity contribution >= 4 is 17.1 Å². The molecule has 1 saturated carbocycles. The van der Waals surface area contributed by atoms with Crippen molar-refractivity contribution in [3.63, 3.8) is 0 Å². The summed E-state index contributed by atoms with van der Waals surface area (Å²) in [5.41, 5.74) is 1.96. The fraction of sp³-hybridized carbons (Fsp3) is 0.444. The molecule has 4 nitrogen and oxygen atoms in total. The first-order valence-electron chi connectivity index (χ1n) is 8.01. The number of unbranched alkanes of at least 4 members (excludes halogenated alkanes) is 1. The highest BCUT2D eigenvalue weighted by molar-refractivity contribution is 5.96. The molecule has 1 aliphatic carbocycles. The average molecular weight is 298 g/mol. The summed E-state index contributed by atoms with van der Waals surface area (Å²) in [6, 6.07) is 6.12. The molecule has 2 aromatic rings. The predicted molar refractivity (Wildman–Crippen MR) is 90.1 cm³/mol. The molecule has 1 fully saturated rings. The lowest BCUT2D eigenvalue weighted by Crippen LogP contribution is -2.24. The Kier molecular flexibility index (Phi) is 4.01. The quantitative estimate of drug-likeness (QED) is 0.860. The first kappa shape index (κ1) is 14.8. The van der Waals surface area contributed by atoms with Gasteiger partial charge in [-0.25, -0.2) is 0 Å². The zero-order valence-electron chi connectivity index (χ0n) is 13.2. The monoisotopic (exact) mass is 298 g/mol. The van der Waals surface area contributed by atoms with Gasteiger partial charge in [-0.05, 0) is 37.8 Å². The molecule has 1 aromatic heterocycles. The van der Waals surface area contributed by atoms with E-state index in [0.717, 1.165) is 42.1 Å². The van der Waals surface area contributed by atoms with Gasteiger partial charge in [0, 0.05) is 18.1 Å². The molecule has 3 rings (SSSR count). The van der Waals surface area contributed by atoms with Gasteiger partial charge < -0.3 is 9.67 Å². The zero-order valence-corrected chi connectivity index (χ0v) is 13.2. The second-order valence-corrected chi connectivity index (χ2v) is 6.05. The van der Waals surface area contributed by atoms with Crippen LogP contribution in [0.2, 0.25) is 0 Å². The predicted octanol–water partition coefficient (Wildman–Crippen LogP) is 3.40. The summed E-state index contributed by atoms with van der Waals surface area (Å²) in [6.07, 6.45) is 5.69. The number of aromatic hydroxyl groups is 1. The SMILES string of the molecule is CCCCn1c(=O)c(C=NC2CC2)c(O)c2c(C)cccc21. The molecule has 116 valence electrons. The Morgan fingerprint density at radius 1 is 1.41 bits per heavy atom. The smallest absolute Gasteiger partial charge is 0.263 e. The van der Waals surface area contributed by atoms with E-state index in [0.29, 0.717) is 18.2 Å². The number of nitrogens with zero attached hydrogens (tertiary/aromatic N) is 2. The van der Waals surface area contributed by atoms with Crippen LogP contribution in [0.25, 0.3) is 10.9 Å². The summed E-state index contributed by atoms with van der Waals surface area (Å²) < 4.78 is 1.78. The molecule has 22 heavy (non-hydrogen) atoms. The number of aliphatic imine (C=N–C) groups is 1. The van der Waals surface area contributed by atoms with Gasteiger partial charge in [0.1, 0.15) is 11.3 Å². The van der Waals surface area contributed by atoms with Gasteiger partial charge in [-0.15, -0.1) is 0 Å². The van der Waals surface area contributed by atoms with Crippen LogP contribution in [0.5, 0.6) is 5.75 Å². The standard InChI is InChI=1S/C18H22N2O2/c1-3-4-10-20-15-7-5-6-12(2)16(15)17(21)14(18(20)22)11-19-13-8-9-13/h5-7,11,13,21H,3-4,8-10H2,1-2H3. The second kappa shape index (κ2) is 5.95. The lowest BCUT2D eigenvalue weighted by Gasteiger charge is -2.14. The van der Waals surface area contributed by atoms with E-state index in [1.54, 1.807) is 10.8 Å². The number of aromatic nitrogens is 1. The Bertz CT molecular complexity index is 786. The first-order chi connectivity index (χ1) is 10.6. The average Bonchev–Trinajstić information content (AvgIpc) is 3.31. The minimum absolute atomic E-state index is 0.0650. The fourth-order valence-electron chi connectivity index (χ4n) is 2.73. The number of aryl methyl sites for hydroxylation is 2. The van der Waals surface area contributed by atoms with Crippen molar-refractivity contribution in [1.29, 1.82) is 0 Å². The number of fused-ring (bicyclic) bond motifs is 1. The molecule has 0 unspecified atom stereocenters. The maximum absolute atomic E-state index is 12.8.